The van der Waals surface area contributed by atoms with E-state index in [1.165, 1.54) is 57.1 Å². The van der Waals surface area contributed by atoms with Crippen LogP contribution < -0.4 is 4.90 Å². The highest BCUT2D eigenvalue weighted by molar-refractivity contribution is 5.87. The van der Waals surface area contributed by atoms with Crippen molar-refractivity contribution in [2.45, 2.75) is 79.1 Å². The third kappa shape index (κ3) is 5.96. The van der Waals surface area contributed by atoms with E-state index in [4.69, 9.17) is 0 Å². The van der Waals surface area contributed by atoms with E-state index in [-0.39, 0.29) is 0 Å². The van der Waals surface area contributed by atoms with Crippen molar-refractivity contribution in [3.05, 3.63) is 35.9 Å². The minimum atomic E-state index is 0.350. The number of carbonyl (C=O) groups excluding carboxylic acids is 1. The van der Waals surface area contributed by atoms with Crippen LogP contribution in [0, 0.1) is 17.8 Å². The molecule has 2 rings (SSSR count). The molecule has 1 heterocycles. The van der Waals surface area contributed by atoms with Gasteiger partial charge in [-0.05, 0) is 53.9 Å². The summed E-state index contributed by atoms with van der Waals surface area (Å²) >= 11 is 0. The van der Waals surface area contributed by atoms with Gasteiger partial charge in [-0.2, -0.15) is 0 Å². The van der Waals surface area contributed by atoms with Gasteiger partial charge >= 0.3 is 0 Å². The van der Waals surface area contributed by atoms with E-state index < -0.39 is 0 Å². The van der Waals surface area contributed by atoms with E-state index in [9.17, 15) is 4.79 Å². The summed E-state index contributed by atoms with van der Waals surface area (Å²) < 4.78 is 0. The molecule has 1 aromatic carbocycles. The van der Waals surface area contributed by atoms with Gasteiger partial charge in [-0.15, -0.1) is 0 Å². The number of rotatable bonds is 11. The van der Waals surface area contributed by atoms with Crippen molar-refractivity contribution in [1.29, 1.82) is 0 Å². The highest BCUT2D eigenvalue weighted by Gasteiger charge is 2.26. The monoisotopic (exact) mass is 383 g/mol. The molecule has 0 bridgehead atoms. The van der Waals surface area contributed by atoms with E-state index in [0.29, 0.717) is 5.92 Å². The van der Waals surface area contributed by atoms with Crippen LogP contribution in [0.1, 0.15) is 95.0 Å². The van der Waals surface area contributed by atoms with Crippen LogP contribution >= 0.6 is 0 Å². The van der Waals surface area contributed by atoms with Gasteiger partial charge in [0.2, 0.25) is 0 Å². The minimum Gasteiger partial charge on any atom is -0.371 e. The van der Waals surface area contributed by atoms with Crippen molar-refractivity contribution < 1.29 is 4.79 Å². The van der Waals surface area contributed by atoms with Crippen LogP contribution in [0.5, 0.6) is 0 Å². The first kappa shape index (κ1) is 22.7. The van der Waals surface area contributed by atoms with Gasteiger partial charge in [-0.25, -0.2) is 0 Å². The second-order valence-corrected chi connectivity index (χ2v) is 8.94. The number of hydrogen-bond acceptors (Lipinski definition) is 2. The zero-order valence-electron chi connectivity index (χ0n) is 18.7. The number of carbonyl (C=O) groups is 1. The molecule has 1 fully saturated rings. The first-order chi connectivity index (χ1) is 13.5. The lowest BCUT2D eigenvalue weighted by Gasteiger charge is -2.37. The van der Waals surface area contributed by atoms with Gasteiger partial charge in [-0.3, -0.25) is 4.79 Å². The summed E-state index contributed by atoms with van der Waals surface area (Å²) in [5.74, 6) is 2.13. The van der Waals surface area contributed by atoms with Crippen molar-refractivity contribution in [2.75, 3.05) is 18.0 Å². The summed E-state index contributed by atoms with van der Waals surface area (Å²) in [6.07, 6.45) is 11.7. The summed E-state index contributed by atoms with van der Waals surface area (Å²) in [4.78, 5) is 14.1. The molecule has 28 heavy (non-hydrogen) atoms. The molecule has 2 heteroatoms. The molecule has 0 spiro atoms. The molecule has 0 saturated carbocycles. The molecule has 1 unspecified atom stereocenters. The number of allylic oxidation sites excluding steroid dienone is 1. The molecule has 1 saturated heterocycles. The van der Waals surface area contributed by atoms with Gasteiger partial charge in [0.05, 0.1) is 0 Å². The van der Waals surface area contributed by atoms with E-state index in [0.717, 1.165) is 47.9 Å². The predicted molar refractivity (Wildman–Crippen MR) is 123 cm³/mol. The van der Waals surface area contributed by atoms with Gasteiger partial charge in [0.1, 0.15) is 0 Å². The molecule has 1 aliphatic heterocycles. The van der Waals surface area contributed by atoms with Crippen molar-refractivity contribution in [3.63, 3.8) is 0 Å². The molecule has 1 aromatic rings. The van der Waals surface area contributed by atoms with Crippen LogP contribution in [0.25, 0.3) is 5.57 Å². The molecule has 0 amide bonds. The molecule has 2 nitrogen and oxygen atoms in total. The highest BCUT2D eigenvalue weighted by Crippen LogP contribution is 2.34. The third-order valence-electron chi connectivity index (χ3n) is 6.61. The van der Waals surface area contributed by atoms with Gasteiger partial charge in [0.15, 0.2) is 6.29 Å². The maximum Gasteiger partial charge on any atom is 0.150 e. The summed E-state index contributed by atoms with van der Waals surface area (Å²) in [5, 5.41) is 0. The summed E-state index contributed by atoms with van der Waals surface area (Å²) in [6.45, 7) is 15.3. The molecule has 0 aromatic heterocycles. The van der Waals surface area contributed by atoms with E-state index in [1.54, 1.807) is 0 Å². The van der Waals surface area contributed by atoms with Crippen LogP contribution in [-0.2, 0) is 0 Å². The van der Waals surface area contributed by atoms with Crippen LogP contribution in [0.15, 0.2) is 24.8 Å². The Kier molecular flexibility index (Phi) is 9.28. The molecule has 0 radical (unpaired) electrons. The Labute approximate surface area is 173 Å². The lowest BCUT2D eigenvalue weighted by Crippen LogP contribution is -2.36. The van der Waals surface area contributed by atoms with Gasteiger partial charge in [0, 0.05) is 24.3 Å². The Morgan fingerprint density at radius 3 is 2.43 bits per heavy atom. The smallest absolute Gasteiger partial charge is 0.150 e. The van der Waals surface area contributed by atoms with E-state index >= 15 is 0 Å². The molecule has 0 aliphatic carbocycles. The number of anilines is 1. The minimum absolute atomic E-state index is 0.350. The van der Waals surface area contributed by atoms with E-state index in [1.807, 2.05) is 0 Å². The Morgan fingerprint density at radius 1 is 1.14 bits per heavy atom. The quantitative estimate of drug-likeness (QED) is 0.293. The molecular formula is C26H41NO. The second-order valence-electron chi connectivity index (χ2n) is 8.94. The van der Waals surface area contributed by atoms with Crippen molar-refractivity contribution in [1.82, 2.24) is 0 Å². The number of hydrogen-bond donors (Lipinski definition) is 0. The van der Waals surface area contributed by atoms with Crippen molar-refractivity contribution in [2.24, 2.45) is 17.8 Å². The molecule has 0 N–H and O–H groups in total. The Morgan fingerprint density at radius 2 is 1.86 bits per heavy atom. The topological polar surface area (TPSA) is 20.3 Å². The number of unbranched alkanes of at least 4 members (excludes halogenated alkanes) is 2. The third-order valence-corrected chi connectivity index (χ3v) is 6.61. The lowest BCUT2D eigenvalue weighted by atomic mass is 9.79. The van der Waals surface area contributed by atoms with Crippen LogP contribution in [0.2, 0.25) is 0 Å². The number of nitrogens with zero attached hydrogens (tertiary/aromatic N) is 1. The first-order valence-electron chi connectivity index (χ1n) is 11.5. The van der Waals surface area contributed by atoms with Crippen molar-refractivity contribution >= 4 is 17.5 Å². The number of benzene rings is 1. The average molecular weight is 384 g/mol. The summed E-state index contributed by atoms with van der Waals surface area (Å²) in [7, 11) is 0. The molecule has 1 aliphatic rings. The second kappa shape index (κ2) is 11.4. The Bertz CT molecular complexity index is 625. The maximum atomic E-state index is 11.7. The Balaban J connectivity index is 2.02. The van der Waals surface area contributed by atoms with Crippen LogP contribution in [0.4, 0.5) is 5.69 Å². The van der Waals surface area contributed by atoms with Gasteiger partial charge in [0.25, 0.3) is 0 Å². The van der Waals surface area contributed by atoms with E-state index in [2.05, 4.69) is 57.4 Å². The first-order valence-corrected chi connectivity index (χ1v) is 11.5. The fraction of sp³-hybridized carbons (Fsp3) is 0.654. The average Bonchev–Trinajstić information content (AvgIpc) is 2.72. The fourth-order valence-corrected chi connectivity index (χ4v) is 4.72. The SMILES string of the molecule is C=C(c1ccc(N2CCC(C(CCC)CCCCC)CC2)cc1C=O)C(C)C. The lowest BCUT2D eigenvalue weighted by molar-refractivity contribution is 0.112. The number of piperidine rings is 1. The Hall–Kier alpha value is -1.57. The zero-order chi connectivity index (χ0) is 20.5. The number of aldehydes is 1. The van der Waals surface area contributed by atoms with Crippen molar-refractivity contribution in [3.8, 4) is 0 Å². The molecule has 156 valence electrons. The van der Waals surface area contributed by atoms with Gasteiger partial charge < -0.3 is 4.90 Å². The summed E-state index contributed by atoms with van der Waals surface area (Å²) in [5.41, 5.74) is 4.02. The predicted octanol–water partition coefficient (Wildman–Crippen LogP) is 7.38. The van der Waals surface area contributed by atoms with Crippen LogP contribution in [-0.4, -0.2) is 19.4 Å². The standard InChI is InChI=1S/C26H41NO/c1-6-8-9-11-22(10-7-2)23-14-16-27(17-15-23)25-12-13-26(21(5)20(3)4)24(18-25)19-28/h12-13,18-20,22-23H,5-11,14-17H2,1-4H3. The fourth-order valence-electron chi connectivity index (χ4n) is 4.72. The van der Waals surface area contributed by atoms with Gasteiger partial charge in [-0.1, -0.05) is 78.9 Å². The maximum absolute atomic E-state index is 11.7. The van der Waals surface area contributed by atoms with Crippen LogP contribution in [0.3, 0.4) is 0 Å². The largest absolute Gasteiger partial charge is 0.371 e. The normalized spacial score (nSPS) is 16.4. The highest BCUT2D eigenvalue weighted by atomic mass is 16.1. The molecular weight excluding hydrogens is 342 g/mol. The molecule has 1 atom stereocenters. The zero-order valence-corrected chi connectivity index (χ0v) is 18.7. The summed E-state index contributed by atoms with van der Waals surface area (Å²) in [6, 6.07) is 6.35.